The van der Waals surface area contributed by atoms with Gasteiger partial charge in [-0.15, -0.1) is 24.8 Å². The minimum Gasteiger partial charge on any atom is -0.491 e. The average molecular weight is 470 g/mol. The highest BCUT2D eigenvalue weighted by Crippen LogP contribution is 2.33. The number of para-hydroxylation sites is 1. The van der Waals surface area contributed by atoms with E-state index in [0.717, 1.165) is 5.56 Å². The molecule has 0 spiro atoms. The summed E-state index contributed by atoms with van der Waals surface area (Å²) in [6.07, 6.45) is 1.67. The first-order chi connectivity index (χ1) is 12.6. The summed E-state index contributed by atoms with van der Waals surface area (Å²) in [5.74, 6) is 1.52. The number of ether oxygens (including phenoxy) is 2. The summed E-state index contributed by atoms with van der Waals surface area (Å²) >= 11 is 12.4. The van der Waals surface area contributed by atoms with E-state index in [4.69, 9.17) is 37.5 Å². The zero-order valence-electron chi connectivity index (χ0n) is 15.1. The van der Waals surface area contributed by atoms with Gasteiger partial charge >= 0.3 is 0 Å². The largest absolute Gasteiger partial charge is 0.491 e. The van der Waals surface area contributed by atoms with Crippen molar-refractivity contribution >= 4 is 59.7 Å². The minimum atomic E-state index is 0. The van der Waals surface area contributed by atoms with Crippen LogP contribution in [0.4, 0.5) is 5.69 Å². The molecule has 28 heavy (non-hydrogen) atoms. The van der Waals surface area contributed by atoms with E-state index in [-0.39, 0.29) is 24.8 Å². The zero-order valence-corrected chi connectivity index (χ0v) is 18.3. The van der Waals surface area contributed by atoms with Gasteiger partial charge in [-0.1, -0.05) is 29.3 Å². The third-order valence-electron chi connectivity index (χ3n) is 3.66. The number of nitrogens with one attached hydrogen (secondary N) is 1. The number of aliphatic imine (C=N–C) groups is 1. The fourth-order valence-electron chi connectivity index (χ4n) is 2.39. The number of guanidine groups is 1. The second kappa shape index (κ2) is 11.4. The number of hydrogen-bond donors (Lipinski definition) is 1. The van der Waals surface area contributed by atoms with E-state index in [1.807, 2.05) is 6.07 Å². The number of rotatable bonds is 6. The molecule has 3 rings (SSSR count). The molecule has 1 aromatic heterocycles. The van der Waals surface area contributed by atoms with E-state index in [0.29, 0.717) is 53.0 Å². The highest BCUT2D eigenvalue weighted by Gasteiger charge is 2.20. The molecule has 1 saturated heterocycles. The van der Waals surface area contributed by atoms with Crippen LogP contribution in [0.5, 0.6) is 11.6 Å². The summed E-state index contributed by atoms with van der Waals surface area (Å²) in [5, 5.41) is 5.77. The van der Waals surface area contributed by atoms with Crippen molar-refractivity contribution < 1.29 is 14.3 Å². The van der Waals surface area contributed by atoms with E-state index in [1.165, 1.54) is 0 Å². The molecule has 1 fully saturated rings. The molecule has 1 aliphatic heterocycles. The van der Waals surface area contributed by atoms with Crippen LogP contribution in [0.15, 0.2) is 35.5 Å². The van der Waals surface area contributed by atoms with Crippen LogP contribution in [0, 0.1) is 0 Å². The Kier molecular flexibility index (Phi) is 9.92. The van der Waals surface area contributed by atoms with Crippen LogP contribution in [-0.2, 0) is 11.4 Å². The molecule has 0 saturated carbocycles. The average Bonchev–Trinajstić information content (AvgIpc) is 3.10. The van der Waals surface area contributed by atoms with Crippen molar-refractivity contribution in [2.75, 3.05) is 27.3 Å². The number of halogens is 4. The molecular weight excluding hydrogens is 450 g/mol. The lowest BCUT2D eigenvalue weighted by Gasteiger charge is -2.18. The third-order valence-corrected chi connectivity index (χ3v) is 4.27. The Morgan fingerprint density at radius 3 is 2.54 bits per heavy atom. The molecule has 1 aliphatic rings. The highest BCUT2D eigenvalue weighted by atomic mass is 35.5. The molecule has 1 aromatic carbocycles. The molecule has 0 bridgehead atoms. The Labute approximate surface area is 185 Å². The predicted molar refractivity (Wildman–Crippen MR) is 115 cm³/mol. The van der Waals surface area contributed by atoms with Gasteiger partial charge in [0.15, 0.2) is 5.75 Å². The molecule has 2 aromatic rings. The fourth-order valence-corrected chi connectivity index (χ4v) is 2.87. The summed E-state index contributed by atoms with van der Waals surface area (Å²) in [5.41, 5.74) is 1.34. The number of hydroxylamine groups is 2. The zero-order chi connectivity index (χ0) is 18.5. The van der Waals surface area contributed by atoms with Gasteiger partial charge in [-0.05, 0) is 18.2 Å². The molecule has 11 heteroatoms. The van der Waals surface area contributed by atoms with E-state index < -0.39 is 0 Å². The summed E-state index contributed by atoms with van der Waals surface area (Å²) in [6, 6.07) is 7.07. The Balaban J connectivity index is 0.00000196. The Morgan fingerprint density at radius 1 is 1.18 bits per heavy atom. The summed E-state index contributed by atoms with van der Waals surface area (Å²) in [7, 11) is 3.10. The summed E-state index contributed by atoms with van der Waals surface area (Å²) in [4.78, 5) is 14.5. The third kappa shape index (κ3) is 5.68. The molecular formula is C17H20Cl4N4O3. The van der Waals surface area contributed by atoms with E-state index in [1.54, 1.807) is 43.7 Å². The molecule has 0 radical (unpaired) electrons. The van der Waals surface area contributed by atoms with E-state index in [9.17, 15) is 0 Å². The standard InChI is InChI=1S/C17H18Cl2N4O3.2ClH/c1-24-14-8-11(9-21-16(14)25-2)10-26-23-7-6-20-17(23)22-15-12(18)4-3-5-13(15)19;;/h3-5,8-9H,6-7,10H2,1-2H3,(H,20,22);2*1H. The monoisotopic (exact) mass is 468 g/mol. The van der Waals surface area contributed by atoms with Gasteiger partial charge in [0.1, 0.15) is 12.3 Å². The number of nitrogens with zero attached hydrogens (tertiary/aromatic N) is 3. The van der Waals surface area contributed by atoms with Crippen LogP contribution in [-0.4, -0.2) is 43.3 Å². The predicted octanol–water partition coefficient (Wildman–Crippen LogP) is 4.27. The molecule has 1 N–H and O–H groups in total. The van der Waals surface area contributed by atoms with E-state index in [2.05, 4.69) is 15.3 Å². The highest BCUT2D eigenvalue weighted by molar-refractivity contribution is 6.38. The molecule has 154 valence electrons. The maximum Gasteiger partial charge on any atom is 0.256 e. The number of aromatic nitrogens is 1. The van der Waals surface area contributed by atoms with Gasteiger partial charge in [-0.3, -0.25) is 4.84 Å². The Bertz CT molecular complexity index is 803. The lowest BCUT2D eigenvalue weighted by atomic mass is 10.3. The maximum absolute atomic E-state index is 6.18. The molecule has 7 nitrogen and oxygen atoms in total. The first-order valence-corrected chi connectivity index (χ1v) is 8.62. The quantitative estimate of drug-likeness (QED) is 0.681. The SMILES string of the molecule is COc1cc(CON2CCN/C2=N\c2c(Cl)cccc2Cl)cnc1OC.Cl.Cl. The second-order valence-electron chi connectivity index (χ2n) is 5.36. The van der Waals surface area contributed by atoms with Crippen molar-refractivity contribution in [3.05, 3.63) is 46.1 Å². The van der Waals surface area contributed by atoms with Crippen LogP contribution in [0.1, 0.15) is 5.56 Å². The summed E-state index contributed by atoms with van der Waals surface area (Å²) in [6.45, 7) is 1.64. The van der Waals surface area contributed by atoms with Crippen LogP contribution >= 0.6 is 48.0 Å². The van der Waals surface area contributed by atoms with Gasteiger partial charge in [0.05, 0.1) is 30.8 Å². The second-order valence-corrected chi connectivity index (χ2v) is 6.18. The number of benzene rings is 1. The van der Waals surface area contributed by atoms with Crippen molar-refractivity contribution in [3.63, 3.8) is 0 Å². The first-order valence-electron chi connectivity index (χ1n) is 7.86. The van der Waals surface area contributed by atoms with Crippen molar-refractivity contribution in [1.82, 2.24) is 15.4 Å². The Morgan fingerprint density at radius 2 is 1.89 bits per heavy atom. The van der Waals surface area contributed by atoms with Crippen molar-refractivity contribution in [2.24, 2.45) is 4.99 Å². The molecule has 0 aliphatic carbocycles. The smallest absolute Gasteiger partial charge is 0.256 e. The van der Waals surface area contributed by atoms with Gasteiger partial charge in [0.25, 0.3) is 5.88 Å². The topological polar surface area (TPSA) is 68.2 Å². The normalized spacial score (nSPS) is 14.1. The Hall–Kier alpha value is -1.64. The number of methoxy groups -OCH3 is 2. The lowest BCUT2D eigenvalue weighted by Crippen LogP contribution is -2.30. The van der Waals surface area contributed by atoms with Crippen molar-refractivity contribution in [2.45, 2.75) is 6.61 Å². The van der Waals surface area contributed by atoms with Crippen LogP contribution in [0.2, 0.25) is 10.0 Å². The number of pyridine rings is 1. The van der Waals surface area contributed by atoms with Gasteiger partial charge < -0.3 is 14.8 Å². The molecule has 2 heterocycles. The fraction of sp³-hybridized carbons (Fsp3) is 0.294. The molecule has 0 atom stereocenters. The van der Waals surface area contributed by atoms with Gasteiger partial charge in [0, 0.05) is 18.3 Å². The van der Waals surface area contributed by atoms with Crippen molar-refractivity contribution in [1.29, 1.82) is 0 Å². The lowest BCUT2D eigenvalue weighted by molar-refractivity contribution is -0.102. The first kappa shape index (κ1) is 24.4. The van der Waals surface area contributed by atoms with Gasteiger partial charge in [0.2, 0.25) is 5.96 Å². The van der Waals surface area contributed by atoms with E-state index >= 15 is 0 Å². The van der Waals surface area contributed by atoms with Gasteiger partial charge in [-0.25, -0.2) is 15.0 Å². The maximum atomic E-state index is 6.18. The number of hydrogen-bond acceptors (Lipinski definition) is 5. The molecule has 0 amide bonds. The molecule has 0 unspecified atom stereocenters. The van der Waals surface area contributed by atoms with Crippen LogP contribution in [0.25, 0.3) is 0 Å². The summed E-state index contributed by atoms with van der Waals surface area (Å²) < 4.78 is 10.4. The van der Waals surface area contributed by atoms with Crippen LogP contribution < -0.4 is 14.8 Å². The minimum absolute atomic E-state index is 0. The van der Waals surface area contributed by atoms with Gasteiger partial charge in [-0.2, -0.15) is 0 Å². The van der Waals surface area contributed by atoms with Crippen LogP contribution in [0.3, 0.4) is 0 Å². The van der Waals surface area contributed by atoms with Crippen molar-refractivity contribution in [3.8, 4) is 11.6 Å².